The lowest BCUT2D eigenvalue weighted by atomic mass is 10.2. The second-order valence-corrected chi connectivity index (χ2v) is 10.3. The highest BCUT2D eigenvalue weighted by Crippen LogP contribution is 2.38. The van der Waals surface area contributed by atoms with Crippen LogP contribution >= 0.6 is 11.6 Å². The molecule has 0 radical (unpaired) electrons. The first-order valence-corrected chi connectivity index (χ1v) is 13.0. The minimum Gasteiger partial charge on any atom is -0.494 e. The summed E-state index contributed by atoms with van der Waals surface area (Å²) in [5.41, 5.74) is 1.42. The first-order chi connectivity index (χ1) is 17.8. The van der Waals surface area contributed by atoms with Gasteiger partial charge in [0.25, 0.3) is 0 Å². The van der Waals surface area contributed by atoms with Crippen LogP contribution in [-0.4, -0.2) is 59.7 Å². The number of nitrogens with one attached hydrogen (secondary N) is 1. The predicted molar refractivity (Wildman–Crippen MR) is 139 cm³/mol. The zero-order chi connectivity index (χ0) is 26.6. The van der Waals surface area contributed by atoms with Gasteiger partial charge in [-0.3, -0.25) is 19.3 Å². The SMILES string of the molecule is COc1cccc(OC)c1-n1c(NS(=O)(=O)[C@@H](C)[C@H](OC)c2ccc(Cl)cn2)nnc1-c1cccnc1. The van der Waals surface area contributed by atoms with Crippen LogP contribution in [0.5, 0.6) is 11.5 Å². The summed E-state index contributed by atoms with van der Waals surface area (Å²) in [6, 6.07) is 11.9. The Kier molecular flexibility index (Phi) is 7.91. The molecule has 0 amide bonds. The zero-order valence-corrected chi connectivity index (χ0v) is 22.1. The summed E-state index contributed by atoms with van der Waals surface area (Å²) in [7, 11) is 0.324. The van der Waals surface area contributed by atoms with E-state index in [-0.39, 0.29) is 5.95 Å². The summed E-state index contributed by atoms with van der Waals surface area (Å²) in [4.78, 5) is 8.37. The highest BCUT2D eigenvalue weighted by molar-refractivity contribution is 7.93. The maximum absolute atomic E-state index is 13.6. The van der Waals surface area contributed by atoms with E-state index in [9.17, 15) is 8.42 Å². The molecular formula is C24H25ClN6O5S. The normalized spacial score (nSPS) is 13.1. The highest BCUT2D eigenvalue weighted by Gasteiger charge is 2.34. The maximum Gasteiger partial charge on any atom is 0.243 e. The van der Waals surface area contributed by atoms with Crippen molar-refractivity contribution in [2.75, 3.05) is 26.1 Å². The highest BCUT2D eigenvalue weighted by atomic mass is 35.5. The van der Waals surface area contributed by atoms with Crippen molar-refractivity contribution in [2.45, 2.75) is 18.3 Å². The minimum atomic E-state index is -4.09. The largest absolute Gasteiger partial charge is 0.494 e. The molecule has 0 aliphatic heterocycles. The monoisotopic (exact) mass is 544 g/mol. The van der Waals surface area contributed by atoms with Gasteiger partial charge in [-0.05, 0) is 43.3 Å². The molecule has 0 bridgehead atoms. The summed E-state index contributed by atoms with van der Waals surface area (Å²) >= 11 is 5.94. The summed E-state index contributed by atoms with van der Waals surface area (Å²) in [6.45, 7) is 1.51. The van der Waals surface area contributed by atoms with Gasteiger partial charge >= 0.3 is 0 Å². The molecule has 1 aromatic carbocycles. The summed E-state index contributed by atoms with van der Waals surface area (Å²) in [5, 5.41) is 7.79. The number of benzene rings is 1. The molecule has 0 unspecified atom stereocenters. The molecule has 0 aliphatic carbocycles. The number of halogens is 1. The molecule has 37 heavy (non-hydrogen) atoms. The van der Waals surface area contributed by atoms with Crippen molar-refractivity contribution in [2.24, 2.45) is 0 Å². The number of rotatable bonds is 10. The lowest BCUT2D eigenvalue weighted by molar-refractivity contribution is 0.0989. The van der Waals surface area contributed by atoms with E-state index in [1.165, 1.54) is 39.0 Å². The standard InChI is InChI=1S/C24H25ClN6O5S/c1-15(22(36-4)18-11-10-17(25)14-27-18)37(32,33)30-24-29-28-23(16-7-6-12-26-13-16)31(24)21-19(34-2)8-5-9-20(21)35-3/h5-15,22H,1-4H3,(H,29,30)/t15-,22-/m0/s1. The molecule has 0 aliphatic rings. The third-order valence-electron chi connectivity index (χ3n) is 5.65. The van der Waals surface area contributed by atoms with Crippen molar-refractivity contribution < 1.29 is 22.6 Å². The molecule has 4 rings (SSSR count). The number of sulfonamides is 1. The van der Waals surface area contributed by atoms with E-state index in [1.54, 1.807) is 54.9 Å². The Bertz CT molecular complexity index is 1440. The first kappa shape index (κ1) is 26.3. The van der Waals surface area contributed by atoms with Crippen LogP contribution in [0.4, 0.5) is 5.95 Å². The van der Waals surface area contributed by atoms with Gasteiger partial charge in [0.15, 0.2) is 5.82 Å². The van der Waals surface area contributed by atoms with E-state index in [0.29, 0.717) is 39.3 Å². The van der Waals surface area contributed by atoms with Crippen molar-refractivity contribution >= 4 is 27.6 Å². The van der Waals surface area contributed by atoms with Crippen molar-refractivity contribution in [1.29, 1.82) is 0 Å². The fourth-order valence-electron chi connectivity index (χ4n) is 3.79. The number of pyridine rings is 2. The van der Waals surface area contributed by atoms with Gasteiger partial charge in [-0.15, -0.1) is 10.2 Å². The van der Waals surface area contributed by atoms with Gasteiger partial charge < -0.3 is 14.2 Å². The molecule has 11 nitrogen and oxygen atoms in total. The molecule has 2 atom stereocenters. The fraction of sp³-hybridized carbons (Fsp3) is 0.250. The third-order valence-corrected chi connectivity index (χ3v) is 7.57. The molecule has 194 valence electrons. The van der Waals surface area contributed by atoms with Crippen LogP contribution < -0.4 is 14.2 Å². The van der Waals surface area contributed by atoms with Crippen LogP contribution in [0.3, 0.4) is 0 Å². The summed E-state index contributed by atoms with van der Waals surface area (Å²) in [5.74, 6) is 1.08. The van der Waals surface area contributed by atoms with Crippen LogP contribution in [0.25, 0.3) is 17.1 Å². The first-order valence-electron chi connectivity index (χ1n) is 11.0. The number of nitrogens with zero attached hydrogens (tertiary/aromatic N) is 5. The Morgan fingerprint density at radius 1 is 0.973 bits per heavy atom. The van der Waals surface area contributed by atoms with E-state index in [4.69, 9.17) is 25.8 Å². The predicted octanol–water partition coefficient (Wildman–Crippen LogP) is 3.91. The molecule has 3 heterocycles. The van der Waals surface area contributed by atoms with Crippen LogP contribution in [0.1, 0.15) is 18.7 Å². The average Bonchev–Trinajstić information content (AvgIpc) is 3.32. The Balaban J connectivity index is 1.83. The molecular weight excluding hydrogens is 520 g/mol. The zero-order valence-electron chi connectivity index (χ0n) is 20.5. The molecule has 0 fully saturated rings. The third kappa shape index (κ3) is 5.36. The average molecular weight is 545 g/mol. The topological polar surface area (TPSA) is 130 Å². The Labute approximate surface area is 219 Å². The Morgan fingerprint density at radius 3 is 2.27 bits per heavy atom. The van der Waals surface area contributed by atoms with Crippen LogP contribution in [0, 0.1) is 0 Å². The van der Waals surface area contributed by atoms with Gasteiger partial charge in [-0.1, -0.05) is 17.7 Å². The molecule has 0 saturated heterocycles. The van der Waals surface area contributed by atoms with Crippen LogP contribution in [-0.2, 0) is 14.8 Å². The van der Waals surface area contributed by atoms with Gasteiger partial charge in [-0.25, -0.2) is 8.42 Å². The quantitative estimate of drug-likeness (QED) is 0.315. The molecule has 0 spiro atoms. The smallest absolute Gasteiger partial charge is 0.243 e. The van der Waals surface area contributed by atoms with Crippen LogP contribution in [0.2, 0.25) is 5.02 Å². The number of ether oxygens (including phenoxy) is 3. The molecule has 1 N–H and O–H groups in total. The second kappa shape index (κ2) is 11.1. The Hall–Kier alpha value is -3.74. The summed E-state index contributed by atoms with van der Waals surface area (Å²) in [6.07, 6.45) is 3.76. The van der Waals surface area contributed by atoms with Gasteiger partial charge in [0.05, 0.1) is 24.9 Å². The molecule has 13 heteroatoms. The van der Waals surface area contributed by atoms with Crippen molar-refractivity contribution in [3.05, 3.63) is 71.8 Å². The number of hydrogen-bond acceptors (Lipinski definition) is 9. The van der Waals surface area contributed by atoms with Gasteiger partial charge in [-0.2, -0.15) is 0 Å². The number of methoxy groups -OCH3 is 3. The van der Waals surface area contributed by atoms with Gasteiger partial charge in [0.1, 0.15) is 28.5 Å². The van der Waals surface area contributed by atoms with Crippen molar-refractivity contribution in [3.8, 4) is 28.6 Å². The Morgan fingerprint density at radius 2 is 1.70 bits per heavy atom. The van der Waals surface area contributed by atoms with E-state index < -0.39 is 21.4 Å². The maximum atomic E-state index is 13.6. The van der Waals surface area contributed by atoms with Gasteiger partial charge in [0.2, 0.25) is 16.0 Å². The molecule has 0 saturated carbocycles. The molecule has 4 aromatic rings. The second-order valence-electron chi connectivity index (χ2n) is 7.85. The van der Waals surface area contributed by atoms with Crippen molar-refractivity contribution in [1.82, 2.24) is 24.7 Å². The lowest BCUT2D eigenvalue weighted by Gasteiger charge is -2.23. The minimum absolute atomic E-state index is 0.0765. The van der Waals surface area contributed by atoms with Crippen molar-refractivity contribution in [3.63, 3.8) is 0 Å². The van der Waals surface area contributed by atoms with Crippen LogP contribution in [0.15, 0.2) is 61.1 Å². The van der Waals surface area contributed by atoms with E-state index in [2.05, 4.69) is 24.9 Å². The lowest BCUT2D eigenvalue weighted by Crippen LogP contribution is -2.33. The number of aromatic nitrogens is 5. The number of para-hydroxylation sites is 1. The van der Waals surface area contributed by atoms with E-state index >= 15 is 0 Å². The number of hydrogen-bond donors (Lipinski definition) is 1. The van der Waals surface area contributed by atoms with E-state index in [1.807, 2.05) is 0 Å². The number of anilines is 1. The summed E-state index contributed by atoms with van der Waals surface area (Å²) < 4.78 is 47.9. The van der Waals surface area contributed by atoms with E-state index in [0.717, 1.165) is 0 Å². The van der Waals surface area contributed by atoms with Gasteiger partial charge in [0, 0.05) is 31.3 Å². The fourth-order valence-corrected chi connectivity index (χ4v) is 5.05. The molecule has 3 aromatic heterocycles.